The van der Waals surface area contributed by atoms with Gasteiger partial charge in [0.1, 0.15) is 6.04 Å². The molecular formula is C16H22N2O5S. The highest BCUT2D eigenvalue weighted by Crippen LogP contribution is 2.24. The molecule has 2 N–H and O–H groups in total. The summed E-state index contributed by atoms with van der Waals surface area (Å²) in [6.07, 6.45) is 0.756. The summed E-state index contributed by atoms with van der Waals surface area (Å²) in [5.74, 6) is -1.80. The lowest BCUT2D eigenvalue weighted by atomic mass is 9.97. The lowest BCUT2D eigenvalue weighted by Gasteiger charge is -2.30. The van der Waals surface area contributed by atoms with Crippen LogP contribution in [-0.2, 0) is 19.6 Å². The van der Waals surface area contributed by atoms with Gasteiger partial charge < -0.3 is 10.4 Å². The van der Waals surface area contributed by atoms with Crippen molar-refractivity contribution in [3.05, 3.63) is 29.8 Å². The van der Waals surface area contributed by atoms with Crippen LogP contribution in [0.5, 0.6) is 0 Å². The zero-order valence-electron chi connectivity index (χ0n) is 13.7. The van der Waals surface area contributed by atoms with Crippen molar-refractivity contribution in [2.45, 2.75) is 37.6 Å². The Morgan fingerprint density at radius 3 is 2.25 bits per heavy atom. The highest BCUT2D eigenvalue weighted by molar-refractivity contribution is 7.89. The van der Waals surface area contributed by atoms with E-state index in [1.807, 2.05) is 6.92 Å². The van der Waals surface area contributed by atoms with Gasteiger partial charge >= 0.3 is 5.97 Å². The van der Waals surface area contributed by atoms with E-state index in [1.54, 1.807) is 24.3 Å². The summed E-state index contributed by atoms with van der Waals surface area (Å²) in [6.45, 7) is 3.78. The molecule has 24 heavy (non-hydrogen) atoms. The first-order chi connectivity index (χ1) is 11.2. The molecule has 8 heteroatoms. The maximum Gasteiger partial charge on any atom is 0.325 e. The smallest absolute Gasteiger partial charge is 0.325 e. The second-order valence-corrected chi connectivity index (χ2v) is 8.00. The average Bonchev–Trinajstić information content (AvgIpc) is 2.55. The molecule has 0 bridgehead atoms. The van der Waals surface area contributed by atoms with Crippen molar-refractivity contribution in [3.63, 3.8) is 0 Å². The largest absolute Gasteiger partial charge is 0.480 e. The van der Waals surface area contributed by atoms with Gasteiger partial charge in [-0.25, -0.2) is 8.42 Å². The minimum atomic E-state index is -3.56. The van der Waals surface area contributed by atoms with Crippen LogP contribution in [0.1, 0.15) is 25.3 Å². The van der Waals surface area contributed by atoms with Crippen LogP contribution in [0.4, 0.5) is 0 Å². The number of hydrogen-bond donors (Lipinski definition) is 2. The van der Waals surface area contributed by atoms with Gasteiger partial charge in [-0.1, -0.05) is 17.7 Å². The van der Waals surface area contributed by atoms with Crippen molar-refractivity contribution < 1.29 is 23.1 Å². The van der Waals surface area contributed by atoms with Crippen molar-refractivity contribution in [2.24, 2.45) is 5.92 Å². The summed E-state index contributed by atoms with van der Waals surface area (Å²) in [5, 5.41) is 11.3. The number of carboxylic acid groups (broad SMARTS) is 1. The average molecular weight is 354 g/mol. The Hall–Kier alpha value is -1.93. The van der Waals surface area contributed by atoms with Gasteiger partial charge in [0, 0.05) is 19.0 Å². The third kappa shape index (κ3) is 4.12. The van der Waals surface area contributed by atoms with Gasteiger partial charge in [0.2, 0.25) is 15.9 Å². The second-order valence-electron chi connectivity index (χ2n) is 6.06. The van der Waals surface area contributed by atoms with Crippen LogP contribution in [0.3, 0.4) is 0 Å². The second kappa shape index (κ2) is 7.31. The summed E-state index contributed by atoms with van der Waals surface area (Å²) in [5.41, 5.74) is 0.983. The van der Waals surface area contributed by atoms with E-state index in [4.69, 9.17) is 5.11 Å². The van der Waals surface area contributed by atoms with E-state index in [0.29, 0.717) is 12.8 Å². The maximum absolute atomic E-state index is 12.6. The molecule has 1 aromatic carbocycles. The predicted molar refractivity (Wildman–Crippen MR) is 87.9 cm³/mol. The van der Waals surface area contributed by atoms with E-state index < -0.39 is 22.0 Å². The number of aryl methyl sites for hydroxylation is 1. The normalized spacial score (nSPS) is 18.1. The lowest BCUT2D eigenvalue weighted by Crippen LogP contribution is -2.46. The molecule has 0 radical (unpaired) electrons. The van der Waals surface area contributed by atoms with E-state index in [-0.39, 0.29) is 29.8 Å². The number of rotatable bonds is 5. The topological polar surface area (TPSA) is 104 Å². The van der Waals surface area contributed by atoms with Crippen LogP contribution >= 0.6 is 0 Å². The van der Waals surface area contributed by atoms with Crippen LogP contribution in [0.2, 0.25) is 0 Å². The van der Waals surface area contributed by atoms with E-state index >= 15 is 0 Å². The van der Waals surface area contributed by atoms with Crippen molar-refractivity contribution in [1.82, 2.24) is 9.62 Å². The van der Waals surface area contributed by atoms with Crippen LogP contribution in [0, 0.1) is 12.8 Å². The van der Waals surface area contributed by atoms with Gasteiger partial charge in [-0.05, 0) is 38.8 Å². The fourth-order valence-electron chi connectivity index (χ4n) is 2.61. The summed E-state index contributed by atoms with van der Waals surface area (Å²) in [6, 6.07) is 5.71. The molecule has 0 aromatic heterocycles. The molecule has 0 unspecified atom stereocenters. The van der Waals surface area contributed by atoms with Gasteiger partial charge in [0.25, 0.3) is 0 Å². The number of hydrogen-bond acceptors (Lipinski definition) is 4. The van der Waals surface area contributed by atoms with Crippen LogP contribution in [0.15, 0.2) is 29.2 Å². The standard InChI is InChI=1S/C16H22N2O5S/c1-11-3-5-14(6-4-11)24(22,23)18-9-7-13(8-10-18)15(19)17-12(2)16(20)21/h3-6,12-13H,7-10H2,1-2H3,(H,17,19)(H,20,21)/t12-/m0/s1. The van der Waals surface area contributed by atoms with Crippen molar-refractivity contribution >= 4 is 21.9 Å². The van der Waals surface area contributed by atoms with Crippen molar-refractivity contribution in [2.75, 3.05) is 13.1 Å². The lowest BCUT2D eigenvalue weighted by molar-refractivity contribution is -0.142. The molecule has 0 spiro atoms. The Balaban J connectivity index is 1.98. The zero-order chi connectivity index (χ0) is 17.9. The van der Waals surface area contributed by atoms with Crippen LogP contribution in [-0.4, -0.2) is 48.8 Å². The molecule has 1 atom stereocenters. The SMILES string of the molecule is Cc1ccc(S(=O)(=O)N2CCC(C(=O)N[C@@H](C)C(=O)O)CC2)cc1. The van der Waals surface area contributed by atoms with E-state index in [1.165, 1.54) is 11.2 Å². The number of carboxylic acids is 1. The Labute approximate surface area is 141 Å². The van der Waals surface area contributed by atoms with E-state index in [9.17, 15) is 18.0 Å². The molecule has 1 aliphatic rings. The molecule has 0 saturated carbocycles. The quantitative estimate of drug-likeness (QED) is 0.820. The van der Waals surface area contributed by atoms with Crippen LogP contribution in [0.25, 0.3) is 0 Å². The molecule has 1 heterocycles. The summed E-state index contributed by atoms with van der Waals surface area (Å²) < 4.78 is 26.6. The first kappa shape index (κ1) is 18.4. The Bertz CT molecular complexity index is 706. The van der Waals surface area contributed by atoms with Crippen molar-refractivity contribution in [3.8, 4) is 0 Å². The zero-order valence-corrected chi connectivity index (χ0v) is 14.5. The molecule has 2 rings (SSSR count). The molecule has 1 aromatic rings. The first-order valence-corrected chi connectivity index (χ1v) is 9.26. The number of benzene rings is 1. The molecule has 1 aliphatic heterocycles. The molecule has 1 saturated heterocycles. The summed E-state index contributed by atoms with van der Waals surface area (Å²) >= 11 is 0. The Kier molecular flexibility index (Phi) is 5.61. The highest BCUT2D eigenvalue weighted by Gasteiger charge is 2.32. The molecule has 1 fully saturated rings. The van der Waals surface area contributed by atoms with Gasteiger partial charge in [-0.15, -0.1) is 0 Å². The Morgan fingerprint density at radius 2 is 1.75 bits per heavy atom. The fraction of sp³-hybridized carbons (Fsp3) is 0.500. The fourth-order valence-corrected chi connectivity index (χ4v) is 4.08. The molecular weight excluding hydrogens is 332 g/mol. The molecule has 7 nitrogen and oxygen atoms in total. The van der Waals surface area contributed by atoms with Crippen LogP contribution < -0.4 is 5.32 Å². The number of carbonyl (C=O) groups is 2. The van der Waals surface area contributed by atoms with Gasteiger partial charge in [0.05, 0.1) is 4.90 Å². The van der Waals surface area contributed by atoms with E-state index in [2.05, 4.69) is 5.32 Å². The number of carbonyl (C=O) groups excluding carboxylic acids is 1. The Morgan fingerprint density at radius 1 is 1.21 bits per heavy atom. The molecule has 1 amide bonds. The highest BCUT2D eigenvalue weighted by atomic mass is 32.2. The van der Waals surface area contributed by atoms with E-state index in [0.717, 1.165) is 5.56 Å². The maximum atomic E-state index is 12.6. The number of amides is 1. The van der Waals surface area contributed by atoms with Crippen molar-refractivity contribution in [1.29, 1.82) is 0 Å². The van der Waals surface area contributed by atoms with Gasteiger partial charge in [-0.3, -0.25) is 9.59 Å². The van der Waals surface area contributed by atoms with Gasteiger partial charge in [-0.2, -0.15) is 4.31 Å². The third-order valence-corrected chi connectivity index (χ3v) is 6.13. The summed E-state index contributed by atoms with van der Waals surface area (Å²) in [7, 11) is -3.56. The first-order valence-electron chi connectivity index (χ1n) is 7.82. The molecule has 0 aliphatic carbocycles. The minimum Gasteiger partial charge on any atom is -0.480 e. The number of sulfonamides is 1. The van der Waals surface area contributed by atoms with Gasteiger partial charge in [0.15, 0.2) is 0 Å². The monoisotopic (exact) mass is 354 g/mol. The summed E-state index contributed by atoms with van der Waals surface area (Å²) in [4.78, 5) is 23.1. The minimum absolute atomic E-state index is 0.246. The molecule has 132 valence electrons. The number of piperidine rings is 1. The predicted octanol–water partition coefficient (Wildman–Crippen LogP) is 0.985. The number of aliphatic carboxylic acids is 1. The number of nitrogens with one attached hydrogen (secondary N) is 1. The third-order valence-electron chi connectivity index (χ3n) is 4.21. The number of nitrogens with zero attached hydrogens (tertiary/aromatic N) is 1.